The third kappa shape index (κ3) is 2.80. The first kappa shape index (κ1) is 12.4. The number of thiophene rings is 1. The molecule has 2 rings (SSSR count). The lowest BCUT2D eigenvalue weighted by atomic mass is 10.3. The third-order valence-electron chi connectivity index (χ3n) is 2.24. The lowest BCUT2D eigenvalue weighted by Gasteiger charge is -2.05. The smallest absolute Gasteiger partial charge is 0.183 e. The van der Waals surface area contributed by atoms with Crippen LogP contribution in [-0.4, -0.2) is 8.42 Å². The second-order valence-electron chi connectivity index (χ2n) is 3.52. The summed E-state index contributed by atoms with van der Waals surface area (Å²) in [5, 5.41) is 2.11. The van der Waals surface area contributed by atoms with Crippen molar-refractivity contribution in [1.29, 1.82) is 0 Å². The molecule has 1 aromatic carbocycles. The molecule has 1 heterocycles. The zero-order valence-corrected chi connectivity index (χ0v) is 11.1. The average molecular weight is 288 g/mol. The van der Waals surface area contributed by atoms with Gasteiger partial charge in [-0.25, -0.2) is 8.42 Å². The second-order valence-corrected chi connectivity index (χ2v) is 6.95. The van der Waals surface area contributed by atoms with Gasteiger partial charge in [0, 0.05) is 4.88 Å². The number of nitrogen functional groups attached to an aromatic ring is 1. The van der Waals surface area contributed by atoms with Gasteiger partial charge in [-0.05, 0) is 29.6 Å². The van der Waals surface area contributed by atoms with Crippen LogP contribution in [0.25, 0.3) is 0 Å². The van der Waals surface area contributed by atoms with Crippen LogP contribution in [0.15, 0.2) is 40.6 Å². The van der Waals surface area contributed by atoms with E-state index in [1.807, 2.05) is 11.4 Å². The van der Waals surface area contributed by atoms with Gasteiger partial charge < -0.3 is 5.73 Å². The predicted octanol–water partition coefficient (Wildman–Crippen LogP) is 2.96. The number of nitrogens with two attached hydrogens (primary N) is 1. The molecule has 3 nitrogen and oxygen atoms in total. The molecule has 0 fully saturated rings. The van der Waals surface area contributed by atoms with Crippen LogP contribution in [-0.2, 0) is 15.6 Å². The molecule has 90 valence electrons. The van der Waals surface area contributed by atoms with Crippen molar-refractivity contribution in [3.63, 3.8) is 0 Å². The monoisotopic (exact) mass is 287 g/mol. The molecule has 17 heavy (non-hydrogen) atoms. The summed E-state index contributed by atoms with van der Waals surface area (Å²) in [6, 6.07) is 7.99. The Labute approximate surface area is 109 Å². The highest BCUT2D eigenvalue weighted by Gasteiger charge is 2.16. The van der Waals surface area contributed by atoms with Crippen molar-refractivity contribution in [1.82, 2.24) is 0 Å². The quantitative estimate of drug-likeness (QED) is 0.883. The van der Waals surface area contributed by atoms with Crippen LogP contribution in [0.4, 0.5) is 5.69 Å². The Kier molecular flexibility index (Phi) is 3.42. The Morgan fingerprint density at radius 3 is 2.65 bits per heavy atom. The van der Waals surface area contributed by atoms with Gasteiger partial charge in [0.15, 0.2) is 9.84 Å². The Balaban J connectivity index is 2.35. The van der Waals surface area contributed by atoms with Gasteiger partial charge in [-0.1, -0.05) is 17.7 Å². The summed E-state index contributed by atoms with van der Waals surface area (Å²) in [5.41, 5.74) is 5.92. The summed E-state index contributed by atoms with van der Waals surface area (Å²) < 4.78 is 24.1. The minimum Gasteiger partial charge on any atom is -0.398 e. The molecule has 0 saturated carbocycles. The summed E-state index contributed by atoms with van der Waals surface area (Å²) in [7, 11) is -3.35. The molecule has 1 aromatic heterocycles. The summed E-state index contributed by atoms with van der Waals surface area (Å²) >= 11 is 7.23. The summed E-state index contributed by atoms with van der Waals surface area (Å²) in [5.74, 6) is -0.00901. The molecule has 2 aromatic rings. The van der Waals surface area contributed by atoms with E-state index in [-0.39, 0.29) is 15.7 Å². The maximum atomic E-state index is 12.1. The Hall–Kier alpha value is -1.04. The zero-order chi connectivity index (χ0) is 12.5. The highest BCUT2D eigenvalue weighted by Crippen LogP contribution is 2.25. The SMILES string of the molecule is Nc1ccc(S(=O)(=O)Cc2cccs2)cc1Cl. The van der Waals surface area contributed by atoms with E-state index >= 15 is 0 Å². The van der Waals surface area contributed by atoms with Crippen LogP contribution in [0.1, 0.15) is 4.88 Å². The molecule has 0 unspecified atom stereocenters. The number of rotatable bonds is 3. The van der Waals surface area contributed by atoms with E-state index in [4.69, 9.17) is 17.3 Å². The summed E-state index contributed by atoms with van der Waals surface area (Å²) in [6.45, 7) is 0. The third-order valence-corrected chi connectivity index (χ3v) is 5.29. The summed E-state index contributed by atoms with van der Waals surface area (Å²) in [6.07, 6.45) is 0. The zero-order valence-electron chi connectivity index (χ0n) is 8.76. The van der Waals surface area contributed by atoms with Crippen LogP contribution < -0.4 is 5.73 Å². The van der Waals surface area contributed by atoms with Crippen molar-refractivity contribution >= 4 is 38.5 Å². The molecule has 0 amide bonds. The fraction of sp³-hybridized carbons (Fsp3) is 0.0909. The molecule has 0 aliphatic heterocycles. The molecule has 2 N–H and O–H groups in total. The molecule has 0 saturated heterocycles. The number of halogens is 1. The highest BCUT2D eigenvalue weighted by molar-refractivity contribution is 7.90. The second kappa shape index (κ2) is 4.68. The van der Waals surface area contributed by atoms with Crippen molar-refractivity contribution < 1.29 is 8.42 Å². The van der Waals surface area contributed by atoms with Gasteiger partial charge in [-0.2, -0.15) is 0 Å². The number of sulfone groups is 1. The van der Waals surface area contributed by atoms with E-state index in [0.717, 1.165) is 4.88 Å². The van der Waals surface area contributed by atoms with Gasteiger partial charge in [0.2, 0.25) is 0 Å². The topological polar surface area (TPSA) is 60.2 Å². The van der Waals surface area contributed by atoms with Crippen LogP contribution in [0.3, 0.4) is 0 Å². The van der Waals surface area contributed by atoms with Gasteiger partial charge in [0.1, 0.15) is 0 Å². The molecular formula is C11H10ClNO2S2. The fourth-order valence-electron chi connectivity index (χ4n) is 1.37. The van der Waals surface area contributed by atoms with Crippen LogP contribution in [0.5, 0.6) is 0 Å². The first-order valence-corrected chi connectivity index (χ1v) is 7.70. The lowest BCUT2D eigenvalue weighted by Crippen LogP contribution is -2.04. The van der Waals surface area contributed by atoms with E-state index < -0.39 is 9.84 Å². The minimum absolute atomic E-state index is 0.00901. The first-order valence-electron chi connectivity index (χ1n) is 4.79. The Morgan fingerprint density at radius 2 is 2.06 bits per heavy atom. The molecule has 0 aliphatic carbocycles. The highest BCUT2D eigenvalue weighted by atomic mass is 35.5. The maximum Gasteiger partial charge on any atom is 0.183 e. The van der Waals surface area contributed by atoms with Crippen LogP contribution in [0, 0.1) is 0 Å². The van der Waals surface area contributed by atoms with E-state index in [0.29, 0.717) is 5.69 Å². The van der Waals surface area contributed by atoms with Gasteiger partial charge >= 0.3 is 0 Å². The van der Waals surface area contributed by atoms with Crippen molar-refractivity contribution in [2.75, 3.05) is 5.73 Å². The van der Waals surface area contributed by atoms with E-state index in [2.05, 4.69) is 0 Å². The minimum atomic E-state index is -3.35. The number of anilines is 1. The fourth-order valence-corrected chi connectivity index (χ4v) is 4.05. The Bertz CT molecular complexity index is 621. The normalized spacial score (nSPS) is 11.6. The van der Waals surface area contributed by atoms with Crippen LogP contribution >= 0.6 is 22.9 Å². The number of benzene rings is 1. The van der Waals surface area contributed by atoms with E-state index in [1.165, 1.54) is 29.5 Å². The predicted molar refractivity (Wildman–Crippen MR) is 71.1 cm³/mol. The number of hydrogen-bond donors (Lipinski definition) is 1. The van der Waals surface area contributed by atoms with Crippen LogP contribution in [0.2, 0.25) is 5.02 Å². The molecule has 0 spiro atoms. The van der Waals surface area contributed by atoms with Gasteiger partial charge in [-0.3, -0.25) is 0 Å². The summed E-state index contributed by atoms with van der Waals surface area (Å²) in [4.78, 5) is 1.00. The molecule has 0 atom stereocenters. The lowest BCUT2D eigenvalue weighted by molar-refractivity contribution is 0.595. The van der Waals surface area contributed by atoms with Crippen molar-refractivity contribution in [3.05, 3.63) is 45.6 Å². The molecule has 0 aliphatic rings. The van der Waals surface area contributed by atoms with Gasteiger partial charge in [0.05, 0.1) is 21.4 Å². The molecular weight excluding hydrogens is 278 g/mol. The standard InChI is InChI=1S/C11H10ClNO2S2/c12-10-6-9(3-4-11(10)13)17(14,15)7-8-2-1-5-16-8/h1-6H,7,13H2. The molecule has 0 bridgehead atoms. The van der Waals surface area contributed by atoms with E-state index in [9.17, 15) is 8.42 Å². The average Bonchev–Trinajstić information content (AvgIpc) is 2.73. The van der Waals surface area contributed by atoms with Crippen molar-refractivity contribution in [3.8, 4) is 0 Å². The Morgan fingerprint density at radius 1 is 1.29 bits per heavy atom. The van der Waals surface area contributed by atoms with Crippen molar-refractivity contribution in [2.45, 2.75) is 10.6 Å². The van der Waals surface area contributed by atoms with Gasteiger partial charge in [0.25, 0.3) is 0 Å². The number of hydrogen-bond acceptors (Lipinski definition) is 4. The molecule has 6 heteroatoms. The first-order chi connectivity index (χ1) is 7.99. The largest absolute Gasteiger partial charge is 0.398 e. The van der Waals surface area contributed by atoms with Gasteiger partial charge in [-0.15, -0.1) is 11.3 Å². The van der Waals surface area contributed by atoms with E-state index in [1.54, 1.807) is 6.07 Å². The molecule has 0 radical (unpaired) electrons. The maximum absolute atomic E-state index is 12.1. The van der Waals surface area contributed by atoms with Crippen molar-refractivity contribution in [2.24, 2.45) is 0 Å².